The van der Waals surface area contributed by atoms with E-state index in [1.165, 1.54) is 134 Å². The van der Waals surface area contributed by atoms with Gasteiger partial charge < -0.3 is 116 Å². The molecule has 0 aliphatic heterocycles. The van der Waals surface area contributed by atoms with Crippen molar-refractivity contribution < 1.29 is 144 Å². The van der Waals surface area contributed by atoms with Crippen LogP contribution < -0.4 is 67.3 Å². The number of hydrogen-bond acceptors (Lipinski definition) is 39. The third-order valence-electron chi connectivity index (χ3n) is 19.0. The molecule has 8 aromatic heterocycles. The van der Waals surface area contributed by atoms with Gasteiger partial charge >= 0.3 is 35.8 Å². The van der Waals surface area contributed by atoms with E-state index >= 15 is 0 Å². The smallest absolute Gasteiger partial charge is 0.348 e. The number of esters is 5. The number of aromatic nitrogens is 2. The third-order valence-corrected chi connectivity index (χ3v) is 25.8. The molecular weight excluding hydrogens is 1780 g/mol. The highest BCUT2D eigenvalue weighted by atomic mass is 32.1. The van der Waals surface area contributed by atoms with Crippen LogP contribution in [-0.4, -0.2) is 226 Å². The number of hydrogen-bond donors (Lipinski definition) is 5. The fourth-order valence-corrected chi connectivity index (χ4v) is 19.7. The lowest BCUT2D eigenvalue weighted by Gasteiger charge is -2.17. The zero-order valence-corrected chi connectivity index (χ0v) is 76.9. The molecular formula is C86H90N4O31S6. The number of aromatic carboxylic acids is 1. The molecule has 0 spiro atoms. The van der Waals surface area contributed by atoms with E-state index < -0.39 is 53.7 Å². The van der Waals surface area contributed by atoms with Crippen molar-refractivity contribution in [1.82, 2.24) is 9.97 Å². The van der Waals surface area contributed by atoms with Gasteiger partial charge in [-0.3, -0.25) is 20.1 Å². The summed E-state index contributed by atoms with van der Waals surface area (Å²) in [5.41, 5.74) is 6.87. The van der Waals surface area contributed by atoms with Crippen molar-refractivity contribution in [3.8, 4) is 74.7 Å². The van der Waals surface area contributed by atoms with Crippen LogP contribution in [-0.2, 0) is 28.4 Å². The zero-order valence-electron chi connectivity index (χ0n) is 72.0. The number of thiophene rings is 6. The topological polar surface area (TPSA) is 454 Å². The van der Waals surface area contributed by atoms with Crippen LogP contribution in [0.15, 0.2) is 97.6 Å². The molecule has 14 aromatic rings. The van der Waals surface area contributed by atoms with E-state index in [2.05, 4.69) is 9.97 Å². The van der Waals surface area contributed by atoms with Crippen molar-refractivity contribution in [2.75, 3.05) is 155 Å². The maximum atomic E-state index is 11.8. The lowest BCUT2D eigenvalue weighted by atomic mass is 10.0. The Bertz CT molecular complexity index is 6230. The van der Waals surface area contributed by atoms with Crippen LogP contribution in [0.1, 0.15) is 99.5 Å². The zero-order chi connectivity index (χ0) is 92.9. The number of aliphatic hydroxyl groups is 3. The van der Waals surface area contributed by atoms with Crippen LogP contribution in [0.2, 0.25) is 0 Å². The van der Waals surface area contributed by atoms with Crippen molar-refractivity contribution >= 4 is 186 Å². The van der Waals surface area contributed by atoms with Crippen LogP contribution in [0.5, 0.6) is 74.7 Å². The summed E-state index contributed by atoms with van der Waals surface area (Å²) in [7, 11) is 28.2. The van der Waals surface area contributed by atoms with Gasteiger partial charge in [0.05, 0.1) is 168 Å². The number of nitrogens with zero attached hydrogens (tertiary/aromatic N) is 3. The molecule has 41 heteroatoms. The van der Waals surface area contributed by atoms with E-state index in [1.54, 1.807) is 143 Å². The Morgan fingerprint density at radius 1 is 0.346 bits per heavy atom. The number of fused-ring (bicyclic) bond motifs is 8. The minimum atomic E-state index is -1.36. The molecule has 0 aliphatic rings. The summed E-state index contributed by atoms with van der Waals surface area (Å²) in [6, 6.07) is 20.3. The number of nitro groups is 1. The Balaban J connectivity index is 0.000000172. The number of rotatable bonds is 28. The molecule has 3 atom stereocenters. The van der Waals surface area contributed by atoms with Gasteiger partial charge in [0.2, 0.25) is 6.54 Å². The number of carbonyl (C=O) groups excluding carboxylic acids is 5. The number of methoxy groups -OCH3 is 19. The van der Waals surface area contributed by atoms with Crippen molar-refractivity contribution in [2.45, 2.75) is 24.7 Å². The SMILES string of the molecule is COC(=O)c1cc2c(OC)c(C(O)CN)cc(OC)c2s1.COC(=O)c1cc2c(OC)c(C(O)C[N+](=O)[O-])cc(OC)c2s1.COC(=O)c1cc2c(OC)c(OC)cc(OC)c2s1.COC(=O)c1cc2c(OC)c3ccncc3c(OC)c2s1.COCCC(O)c1cc(OC)c2sc(C(=O)OC)cc2c1OC.COc1c2ccncc2c(OC)c2sc(C(=O)O)cc12. The van der Waals surface area contributed by atoms with Gasteiger partial charge in [0, 0.05) is 133 Å². The van der Waals surface area contributed by atoms with E-state index in [9.17, 15) is 54.2 Å². The summed E-state index contributed by atoms with van der Waals surface area (Å²) >= 11 is 7.44. The molecule has 0 radical (unpaired) electrons. The van der Waals surface area contributed by atoms with Gasteiger partial charge in [-0.05, 0) is 66.7 Å². The molecule has 0 bridgehead atoms. The van der Waals surface area contributed by atoms with Crippen molar-refractivity contribution in [3.63, 3.8) is 0 Å². The maximum Gasteiger partial charge on any atom is 0.348 e. The minimum Gasteiger partial charge on any atom is -0.496 e. The molecule has 676 valence electrons. The summed E-state index contributed by atoms with van der Waals surface area (Å²) in [5, 5.41) is 58.0. The average Bonchev–Trinajstić information content (AvgIpc) is 1.68. The van der Waals surface area contributed by atoms with Crippen LogP contribution >= 0.6 is 68.0 Å². The van der Waals surface area contributed by atoms with E-state index in [0.717, 1.165) is 72.5 Å². The summed E-state index contributed by atoms with van der Waals surface area (Å²) in [5.74, 6) is 4.13. The Morgan fingerprint density at radius 2 is 0.630 bits per heavy atom. The van der Waals surface area contributed by atoms with E-state index in [0.29, 0.717) is 138 Å². The lowest BCUT2D eigenvalue weighted by molar-refractivity contribution is -0.491. The third kappa shape index (κ3) is 20.9. The average molecular weight is 1870 g/mol. The van der Waals surface area contributed by atoms with Gasteiger partial charge in [-0.1, -0.05) is 0 Å². The Morgan fingerprint density at radius 3 is 0.921 bits per heavy atom. The van der Waals surface area contributed by atoms with Gasteiger partial charge in [0.25, 0.3) is 0 Å². The van der Waals surface area contributed by atoms with E-state index in [1.807, 2.05) is 12.1 Å². The highest BCUT2D eigenvalue weighted by molar-refractivity contribution is 7.23. The fraction of sp³-hybridized carbons (Fsp3) is 0.302. The molecule has 6 aromatic carbocycles. The predicted octanol–water partition coefficient (Wildman–Crippen LogP) is 15.6. The molecule has 6 N–H and O–H groups in total. The fourth-order valence-electron chi connectivity index (χ4n) is 13.3. The first kappa shape index (κ1) is 98.1. The van der Waals surface area contributed by atoms with Gasteiger partial charge in [-0.25, -0.2) is 28.8 Å². The standard InChI is InChI=1S/C16H20O6S.C15H13NO4S.C14H15NO7S.C14H17NO5S.C14H11NO4S.C13H14O5S/c1-19-6-5-11(17)9-7-12(20-2)15-10(14(9)21-3)8-13(23-15)16(18)22-4;1-18-12-8-4-5-16-7-10(8)13(19-2)14-9(12)6-11(21-14)15(17)20-3;1-20-10-4-7(9(16)6-15(18)19)12(21-2)8-5-11(14(17)22-3)23-13(8)10;1-18-10-4-7(9(16)6-15)12(19-2)8-5-11(14(17)20-3)21-13(8)10;1-18-11-7-3-4-15-6-9(7)12(19-2)13-8(11)5-10(20-13)14(16)17;1-15-8-6-9(16-2)12-7(11(8)17-3)5-10(19-12)13(14)18-4/h7-8,11,17H,5-6H2,1-4H3;4-7H,1-3H3;4-5,9,16H,6H2,1-3H3;4-5,9,16H,6,15H2,1-3H3;3-6H,1-2H3,(H,16,17);5-6H,1-4H3. The molecule has 8 heterocycles. The quantitative estimate of drug-likeness (QED) is 0.0132. The summed E-state index contributed by atoms with van der Waals surface area (Å²) < 4.78 is 103. The summed E-state index contributed by atoms with van der Waals surface area (Å²) in [4.78, 5) is 90.5. The Labute approximate surface area is 748 Å². The minimum absolute atomic E-state index is 0.0546. The summed E-state index contributed by atoms with van der Waals surface area (Å²) in [6.45, 7) is -0.195. The van der Waals surface area contributed by atoms with Gasteiger partial charge in [0.1, 0.15) is 98.6 Å². The molecule has 0 amide bonds. The summed E-state index contributed by atoms with van der Waals surface area (Å²) in [6.07, 6.45) is 4.22. The molecule has 3 unspecified atom stereocenters. The van der Waals surface area contributed by atoms with E-state index in [4.69, 9.17) is 101 Å². The van der Waals surface area contributed by atoms with Crippen LogP contribution in [0.25, 0.3) is 82.1 Å². The second-order valence-corrected chi connectivity index (χ2v) is 32.2. The highest BCUT2D eigenvalue weighted by Gasteiger charge is 2.30. The number of carboxylic acid groups (broad SMARTS) is 1. The number of pyridine rings is 2. The molecule has 35 nitrogen and oxygen atoms in total. The number of benzene rings is 6. The number of carbonyl (C=O) groups is 6. The van der Waals surface area contributed by atoms with Gasteiger partial charge in [-0.2, -0.15) is 0 Å². The monoisotopic (exact) mass is 1870 g/mol. The molecule has 14 rings (SSSR count). The van der Waals surface area contributed by atoms with Crippen LogP contribution in [0, 0.1) is 10.1 Å². The molecule has 127 heavy (non-hydrogen) atoms. The second kappa shape index (κ2) is 45.0. The van der Waals surface area contributed by atoms with Gasteiger partial charge in [0.15, 0.2) is 11.5 Å². The van der Waals surface area contributed by atoms with Crippen molar-refractivity contribution in [3.05, 3.63) is 154 Å². The van der Waals surface area contributed by atoms with Crippen molar-refractivity contribution in [1.29, 1.82) is 0 Å². The van der Waals surface area contributed by atoms with Gasteiger partial charge in [-0.15, -0.1) is 68.0 Å². The molecule has 0 fully saturated rings. The molecule has 0 saturated heterocycles. The maximum absolute atomic E-state index is 11.8. The highest BCUT2D eigenvalue weighted by Crippen LogP contribution is 2.52. The molecule has 0 aliphatic carbocycles. The Hall–Kier alpha value is -12.7. The second-order valence-electron chi connectivity index (χ2n) is 25.9. The van der Waals surface area contributed by atoms with Crippen LogP contribution in [0.3, 0.4) is 0 Å². The lowest BCUT2D eigenvalue weighted by Crippen LogP contribution is -2.13. The van der Waals surface area contributed by atoms with Crippen molar-refractivity contribution in [2.24, 2.45) is 5.73 Å². The largest absolute Gasteiger partial charge is 0.496 e. The first-order chi connectivity index (χ1) is 61.1. The first-order valence-corrected chi connectivity index (χ1v) is 42.1. The number of aliphatic hydroxyl groups excluding tert-OH is 3. The number of nitrogens with two attached hydrogens (primary N) is 1. The first-order valence-electron chi connectivity index (χ1n) is 37.2. The van der Waals surface area contributed by atoms with Crippen LogP contribution in [0.4, 0.5) is 0 Å². The normalized spacial score (nSPS) is 11.5. The van der Waals surface area contributed by atoms with E-state index in [-0.39, 0.29) is 34.7 Å². The molecule has 0 saturated carbocycles. The number of ether oxygens (including phenoxy) is 19. The Kier molecular flexibility index (Phi) is 34.7. The number of carboxylic acids is 1. The predicted molar refractivity (Wildman–Crippen MR) is 483 cm³/mol.